The van der Waals surface area contributed by atoms with Gasteiger partial charge in [0, 0.05) is 39.3 Å². The van der Waals surface area contributed by atoms with Gasteiger partial charge in [0.1, 0.15) is 16.5 Å². The average Bonchev–Trinajstić information content (AvgIpc) is 3.20. The lowest BCUT2D eigenvalue weighted by Crippen LogP contribution is -2.44. The smallest absolute Gasteiger partial charge is 0.280 e. The Kier molecular flexibility index (Phi) is 6.05. The molecule has 2 aliphatic heterocycles. The molecule has 11 heteroatoms. The van der Waals surface area contributed by atoms with Crippen LogP contribution in [0.5, 0.6) is 0 Å². The van der Waals surface area contributed by atoms with E-state index in [-0.39, 0.29) is 5.91 Å². The summed E-state index contributed by atoms with van der Waals surface area (Å²) in [4.78, 5) is 40.0. The van der Waals surface area contributed by atoms with Gasteiger partial charge in [-0.1, -0.05) is 0 Å². The Bertz CT molecular complexity index is 1190. The van der Waals surface area contributed by atoms with Gasteiger partial charge in [-0.3, -0.25) is 4.79 Å². The maximum absolute atomic E-state index is 13.2. The minimum absolute atomic E-state index is 0.121. The van der Waals surface area contributed by atoms with Crippen LogP contribution in [0.4, 0.5) is 34.0 Å². The molecule has 0 radical (unpaired) electrons. The Morgan fingerprint density at radius 2 is 1.76 bits per heavy atom. The van der Waals surface area contributed by atoms with Crippen LogP contribution in [-0.4, -0.2) is 77.1 Å². The van der Waals surface area contributed by atoms with Crippen molar-refractivity contribution >= 4 is 51.2 Å². The number of thiazole rings is 1. The van der Waals surface area contributed by atoms with Gasteiger partial charge in [-0.25, -0.2) is 15.0 Å². The number of carbonyl (C=O) groups excluding carboxylic acids is 1. The van der Waals surface area contributed by atoms with Crippen molar-refractivity contribution < 1.29 is 4.79 Å². The standard InChI is InChI=1S/C23H29N9OS/c1-5-31-17-14-25-23(27-18-8-7-16(13-24-18)30-11-9-29(4)10-12-30)28-20(17)32(6-2)22-19(21(31)33)26-15(3)34-22/h7-8,13-14H,5-6,9-12H2,1-4H3,(H,24,25,27,28). The molecule has 0 aromatic carbocycles. The number of anilines is 6. The van der Waals surface area contributed by atoms with E-state index in [4.69, 9.17) is 4.98 Å². The van der Waals surface area contributed by atoms with E-state index >= 15 is 0 Å². The number of aromatic nitrogens is 4. The number of piperazine rings is 1. The second-order valence-electron chi connectivity index (χ2n) is 8.40. The Morgan fingerprint density at radius 1 is 1.00 bits per heavy atom. The van der Waals surface area contributed by atoms with Gasteiger partial charge in [0.25, 0.3) is 5.91 Å². The molecule has 3 aromatic heterocycles. The lowest BCUT2D eigenvalue weighted by molar-refractivity contribution is 0.0985. The number of fused-ring (bicyclic) bond motifs is 2. The molecule has 34 heavy (non-hydrogen) atoms. The fraction of sp³-hybridized carbons (Fsp3) is 0.435. The number of nitrogens with zero attached hydrogens (tertiary/aromatic N) is 8. The number of nitrogens with one attached hydrogen (secondary N) is 1. The first-order valence-electron chi connectivity index (χ1n) is 11.6. The molecular formula is C23H29N9OS. The number of pyridine rings is 1. The fourth-order valence-corrected chi connectivity index (χ4v) is 5.29. The Morgan fingerprint density at radius 3 is 2.44 bits per heavy atom. The van der Waals surface area contributed by atoms with Gasteiger partial charge in [-0.2, -0.15) is 4.98 Å². The van der Waals surface area contributed by atoms with Crippen LogP contribution in [-0.2, 0) is 0 Å². The largest absolute Gasteiger partial charge is 0.368 e. The van der Waals surface area contributed by atoms with Crippen LogP contribution in [0.1, 0.15) is 29.3 Å². The molecule has 0 saturated carbocycles. The zero-order chi connectivity index (χ0) is 23.8. The van der Waals surface area contributed by atoms with E-state index in [1.54, 1.807) is 11.1 Å². The molecule has 5 rings (SSSR count). The van der Waals surface area contributed by atoms with Crippen LogP contribution in [0.15, 0.2) is 24.5 Å². The highest BCUT2D eigenvalue weighted by Gasteiger charge is 2.34. The van der Waals surface area contributed by atoms with Crippen LogP contribution < -0.4 is 20.0 Å². The summed E-state index contributed by atoms with van der Waals surface area (Å²) in [6, 6.07) is 4.03. The lowest BCUT2D eigenvalue weighted by atomic mass is 10.3. The monoisotopic (exact) mass is 479 g/mol. The lowest BCUT2D eigenvalue weighted by Gasteiger charge is -2.33. The maximum Gasteiger partial charge on any atom is 0.280 e. The highest BCUT2D eigenvalue weighted by Crippen LogP contribution is 2.42. The molecule has 10 nitrogen and oxygen atoms in total. The quantitative estimate of drug-likeness (QED) is 0.592. The van der Waals surface area contributed by atoms with Gasteiger partial charge in [0.05, 0.1) is 23.1 Å². The van der Waals surface area contributed by atoms with Crippen LogP contribution in [0, 0.1) is 6.92 Å². The molecule has 1 N–H and O–H groups in total. The summed E-state index contributed by atoms with van der Waals surface area (Å²) in [5.74, 6) is 1.67. The molecule has 0 unspecified atom stereocenters. The van der Waals surface area contributed by atoms with Gasteiger partial charge < -0.3 is 24.9 Å². The van der Waals surface area contributed by atoms with Crippen molar-refractivity contribution in [2.24, 2.45) is 0 Å². The molecule has 178 valence electrons. The second kappa shape index (κ2) is 9.15. The highest BCUT2D eigenvalue weighted by molar-refractivity contribution is 7.16. The van der Waals surface area contributed by atoms with Crippen LogP contribution in [0.3, 0.4) is 0 Å². The Labute approximate surface area is 203 Å². The number of likely N-dealkylation sites (N-methyl/N-ethyl adjacent to an activating group) is 1. The minimum Gasteiger partial charge on any atom is -0.368 e. The number of hydrogen-bond acceptors (Lipinski definition) is 10. The van der Waals surface area contributed by atoms with E-state index in [0.717, 1.165) is 41.9 Å². The average molecular weight is 480 g/mol. The first-order chi connectivity index (χ1) is 16.5. The van der Waals surface area contributed by atoms with Crippen LogP contribution in [0.25, 0.3) is 0 Å². The van der Waals surface area contributed by atoms with Gasteiger partial charge in [-0.05, 0) is 40.0 Å². The SMILES string of the molecule is CCN1C(=O)c2nc(C)sc2N(CC)c2nc(Nc3ccc(N4CCN(C)CC4)cn3)ncc21. The van der Waals surface area contributed by atoms with Gasteiger partial charge in [0.2, 0.25) is 5.95 Å². The van der Waals surface area contributed by atoms with Crippen LogP contribution in [0.2, 0.25) is 0 Å². The summed E-state index contributed by atoms with van der Waals surface area (Å²) in [6.07, 6.45) is 3.59. The number of carbonyl (C=O) groups is 1. The van der Waals surface area contributed by atoms with Crippen LogP contribution >= 0.6 is 11.3 Å². The van der Waals surface area contributed by atoms with Crippen molar-refractivity contribution in [3.8, 4) is 0 Å². The molecule has 5 heterocycles. The van der Waals surface area contributed by atoms with E-state index in [0.29, 0.717) is 42.1 Å². The first-order valence-corrected chi connectivity index (χ1v) is 12.4. The number of rotatable bonds is 5. The van der Waals surface area contributed by atoms with Crippen molar-refractivity contribution in [2.45, 2.75) is 20.8 Å². The number of amides is 1. The normalized spacial score (nSPS) is 16.4. The van der Waals surface area contributed by atoms with Gasteiger partial charge in [-0.15, -0.1) is 11.3 Å². The molecule has 0 atom stereocenters. The molecule has 1 amide bonds. The molecule has 1 saturated heterocycles. The summed E-state index contributed by atoms with van der Waals surface area (Å²) < 4.78 is 0. The molecule has 0 aliphatic carbocycles. The third-order valence-electron chi connectivity index (χ3n) is 6.19. The van der Waals surface area contributed by atoms with Crippen molar-refractivity contribution in [2.75, 3.05) is 66.3 Å². The highest BCUT2D eigenvalue weighted by atomic mass is 32.1. The van der Waals surface area contributed by atoms with E-state index in [2.05, 4.69) is 43.2 Å². The predicted octanol–water partition coefficient (Wildman–Crippen LogP) is 3.27. The molecular weight excluding hydrogens is 450 g/mol. The third kappa shape index (κ3) is 4.05. The zero-order valence-electron chi connectivity index (χ0n) is 19.9. The topological polar surface area (TPSA) is 93.6 Å². The molecule has 0 bridgehead atoms. The van der Waals surface area contributed by atoms with Crippen molar-refractivity contribution in [1.82, 2.24) is 24.8 Å². The fourth-order valence-electron chi connectivity index (χ4n) is 4.32. The predicted molar refractivity (Wildman–Crippen MR) is 136 cm³/mol. The summed E-state index contributed by atoms with van der Waals surface area (Å²) in [5.41, 5.74) is 2.27. The Balaban J connectivity index is 1.43. The minimum atomic E-state index is -0.121. The summed E-state index contributed by atoms with van der Waals surface area (Å²) in [6.45, 7) is 11.2. The van der Waals surface area contributed by atoms with E-state index in [1.165, 1.54) is 11.3 Å². The van der Waals surface area contributed by atoms with Crippen molar-refractivity contribution in [3.05, 3.63) is 35.2 Å². The third-order valence-corrected chi connectivity index (χ3v) is 7.19. The summed E-state index contributed by atoms with van der Waals surface area (Å²) in [5, 5.41) is 4.90. The van der Waals surface area contributed by atoms with Crippen molar-refractivity contribution in [3.63, 3.8) is 0 Å². The zero-order valence-corrected chi connectivity index (χ0v) is 20.8. The Hall–Kier alpha value is -3.31. The molecule has 0 spiro atoms. The van der Waals surface area contributed by atoms with Crippen molar-refractivity contribution in [1.29, 1.82) is 0 Å². The maximum atomic E-state index is 13.2. The first kappa shape index (κ1) is 22.5. The molecule has 2 aliphatic rings. The summed E-state index contributed by atoms with van der Waals surface area (Å²) >= 11 is 1.51. The van der Waals surface area contributed by atoms with Gasteiger partial charge in [0.15, 0.2) is 11.5 Å². The van der Waals surface area contributed by atoms with Gasteiger partial charge >= 0.3 is 0 Å². The van der Waals surface area contributed by atoms with E-state index in [9.17, 15) is 4.79 Å². The molecule has 3 aromatic rings. The second-order valence-corrected chi connectivity index (χ2v) is 9.58. The van der Waals surface area contributed by atoms with E-state index in [1.807, 2.05) is 37.9 Å². The number of hydrogen-bond donors (Lipinski definition) is 1. The number of aryl methyl sites for hydroxylation is 1. The molecule has 1 fully saturated rings. The van der Waals surface area contributed by atoms with E-state index < -0.39 is 0 Å². The summed E-state index contributed by atoms with van der Waals surface area (Å²) in [7, 11) is 2.15.